The van der Waals surface area contributed by atoms with Crippen LogP contribution in [-0.2, 0) is 16.1 Å². The van der Waals surface area contributed by atoms with Gasteiger partial charge >= 0.3 is 5.97 Å². The molecular weight excluding hydrogens is 310 g/mol. The first-order chi connectivity index (χ1) is 12.2. The van der Waals surface area contributed by atoms with Crippen molar-refractivity contribution >= 4 is 11.7 Å². The number of anilines is 1. The molecule has 3 nitrogen and oxygen atoms in total. The molecule has 3 aromatic rings. The fourth-order valence-electron chi connectivity index (χ4n) is 2.55. The van der Waals surface area contributed by atoms with E-state index in [4.69, 9.17) is 4.74 Å². The van der Waals surface area contributed by atoms with Gasteiger partial charge < -0.3 is 10.1 Å². The summed E-state index contributed by atoms with van der Waals surface area (Å²) in [5, 5.41) is 3.18. The Bertz CT molecular complexity index is 798. The molecule has 0 aliphatic rings. The molecule has 0 aliphatic carbocycles. The Morgan fingerprint density at radius 3 is 2.04 bits per heavy atom. The Hall–Kier alpha value is -3.07. The van der Waals surface area contributed by atoms with Gasteiger partial charge in [-0.15, -0.1) is 0 Å². The van der Waals surface area contributed by atoms with Crippen LogP contribution in [-0.4, -0.2) is 12.0 Å². The maximum absolute atomic E-state index is 12.1. The first-order valence-electron chi connectivity index (χ1n) is 8.35. The van der Waals surface area contributed by atoms with E-state index in [9.17, 15) is 4.79 Å². The van der Waals surface area contributed by atoms with Crippen molar-refractivity contribution in [2.75, 3.05) is 5.32 Å². The predicted molar refractivity (Wildman–Crippen MR) is 101 cm³/mol. The highest BCUT2D eigenvalue weighted by Gasteiger charge is 2.14. The number of nitrogens with one attached hydrogen (secondary N) is 1. The van der Waals surface area contributed by atoms with Gasteiger partial charge in [-0.25, -0.2) is 4.79 Å². The van der Waals surface area contributed by atoms with E-state index in [-0.39, 0.29) is 5.97 Å². The average molecular weight is 331 g/mol. The Kier molecular flexibility index (Phi) is 5.47. The van der Waals surface area contributed by atoms with Crippen molar-refractivity contribution in [3.8, 4) is 11.1 Å². The van der Waals surface area contributed by atoms with E-state index in [0.29, 0.717) is 6.61 Å². The highest BCUT2D eigenvalue weighted by molar-refractivity contribution is 5.79. The van der Waals surface area contributed by atoms with E-state index in [2.05, 4.69) is 17.4 Å². The molecule has 0 amide bonds. The number of benzene rings is 3. The van der Waals surface area contributed by atoms with Crippen molar-refractivity contribution < 1.29 is 9.53 Å². The van der Waals surface area contributed by atoms with E-state index in [1.807, 2.05) is 72.8 Å². The van der Waals surface area contributed by atoms with E-state index < -0.39 is 6.04 Å². The molecule has 0 radical (unpaired) electrons. The molecule has 0 fully saturated rings. The van der Waals surface area contributed by atoms with Crippen LogP contribution >= 0.6 is 0 Å². The summed E-state index contributed by atoms with van der Waals surface area (Å²) in [6.45, 7) is 2.09. The van der Waals surface area contributed by atoms with Crippen molar-refractivity contribution in [3.05, 3.63) is 90.5 Å². The monoisotopic (exact) mass is 331 g/mol. The van der Waals surface area contributed by atoms with Gasteiger partial charge in [-0.2, -0.15) is 0 Å². The lowest BCUT2D eigenvalue weighted by atomic mass is 10.1. The lowest BCUT2D eigenvalue weighted by Crippen LogP contribution is -2.28. The van der Waals surface area contributed by atoms with Gasteiger partial charge in [0.2, 0.25) is 0 Å². The summed E-state index contributed by atoms with van der Waals surface area (Å²) in [6.07, 6.45) is 0. The average Bonchev–Trinajstić information content (AvgIpc) is 2.68. The molecule has 0 bridgehead atoms. The van der Waals surface area contributed by atoms with Crippen LogP contribution in [0.15, 0.2) is 84.9 Å². The molecule has 3 aromatic carbocycles. The van der Waals surface area contributed by atoms with Gasteiger partial charge in [-0.05, 0) is 35.7 Å². The van der Waals surface area contributed by atoms with Crippen molar-refractivity contribution in [1.82, 2.24) is 0 Å². The van der Waals surface area contributed by atoms with E-state index >= 15 is 0 Å². The number of ether oxygens (including phenoxy) is 1. The zero-order valence-electron chi connectivity index (χ0n) is 14.2. The van der Waals surface area contributed by atoms with Crippen LogP contribution in [0.4, 0.5) is 5.69 Å². The molecule has 25 heavy (non-hydrogen) atoms. The SMILES string of the molecule is C[C@H](Nc1ccc(-c2ccccc2)cc1)C(=O)OCc1ccccc1. The maximum Gasteiger partial charge on any atom is 0.328 e. The van der Waals surface area contributed by atoms with Crippen LogP contribution in [0.3, 0.4) is 0 Å². The number of hydrogen-bond acceptors (Lipinski definition) is 3. The van der Waals surface area contributed by atoms with Gasteiger partial charge in [0.05, 0.1) is 0 Å². The zero-order chi connectivity index (χ0) is 17.5. The number of hydrogen-bond donors (Lipinski definition) is 1. The van der Waals surface area contributed by atoms with Crippen LogP contribution in [0.1, 0.15) is 12.5 Å². The second kappa shape index (κ2) is 8.15. The number of esters is 1. The normalized spacial score (nSPS) is 11.6. The van der Waals surface area contributed by atoms with Gasteiger partial charge in [0.25, 0.3) is 0 Å². The van der Waals surface area contributed by atoms with Gasteiger partial charge in [0, 0.05) is 5.69 Å². The second-order valence-electron chi connectivity index (χ2n) is 5.90. The molecule has 0 spiro atoms. The third-order valence-corrected chi connectivity index (χ3v) is 3.95. The molecule has 0 saturated heterocycles. The first kappa shape index (κ1) is 16.8. The Morgan fingerprint density at radius 1 is 0.840 bits per heavy atom. The van der Waals surface area contributed by atoms with E-state index in [0.717, 1.165) is 16.8 Å². The summed E-state index contributed by atoms with van der Waals surface area (Å²) in [6, 6.07) is 27.5. The number of rotatable bonds is 6. The van der Waals surface area contributed by atoms with Gasteiger partial charge in [-0.3, -0.25) is 0 Å². The summed E-state index contributed by atoms with van der Waals surface area (Å²) in [5.41, 5.74) is 4.19. The summed E-state index contributed by atoms with van der Waals surface area (Å²) < 4.78 is 5.35. The number of carbonyl (C=O) groups excluding carboxylic acids is 1. The van der Waals surface area contributed by atoms with Crippen molar-refractivity contribution in [2.24, 2.45) is 0 Å². The zero-order valence-corrected chi connectivity index (χ0v) is 14.2. The second-order valence-corrected chi connectivity index (χ2v) is 5.90. The molecule has 3 rings (SSSR count). The van der Waals surface area contributed by atoms with Crippen LogP contribution in [0.25, 0.3) is 11.1 Å². The van der Waals surface area contributed by atoms with Crippen molar-refractivity contribution in [1.29, 1.82) is 0 Å². The maximum atomic E-state index is 12.1. The van der Waals surface area contributed by atoms with Crippen LogP contribution in [0.5, 0.6) is 0 Å². The highest BCUT2D eigenvalue weighted by atomic mass is 16.5. The minimum atomic E-state index is -0.411. The molecule has 0 saturated carbocycles. The summed E-state index contributed by atoms with van der Waals surface area (Å²) in [4.78, 5) is 12.1. The Labute approximate surface area is 148 Å². The lowest BCUT2D eigenvalue weighted by molar-refractivity contribution is -0.145. The lowest BCUT2D eigenvalue weighted by Gasteiger charge is -2.15. The van der Waals surface area contributed by atoms with Gasteiger partial charge in [0.15, 0.2) is 0 Å². The number of carbonyl (C=O) groups is 1. The van der Waals surface area contributed by atoms with Crippen molar-refractivity contribution in [2.45, 2.75) is 19.6 Å². The van der Waals surface area contributed by atoms with Crippen LogP contribution in [0.2, 0.25) is 0 Å². The van der Waals surface area contributed by atoms with Gasteiger partial charge in [-0.1, -0.05) is 72.8 Å². The van der Waals surface area contributed by atoms with Crippen LogP contribution in [0, 0.1) is 0 Å². The molecule has 126 valence electrons. The van der Waals surface area contributed by atoms with Crippen LogP contribution < -0.4 is 5.32 Å². The van der Waals surface area contributed by atoms with Crippen molar-refractivity contribution in [3.63, 3.8) is 0 Å². The molecule has 0 aliphatic heterocycles. The molecular formula is C22H21NO2. The standard InChI is InChI=1S/C22H21NO2/c1-17(22(24)25-16-18-8-4-2-5-9-18)23-21-14-12-20(13-15-21)19-10-6-3-7-11-19/h2-15,17,23H,16H2,1H3/t17-/m0/s1. The van der Waals surface area contributed by atoms with Gasteiger partial charge in [0.1, 0.15) is 12.6 Å². The summed E-state index contributed by atoms with van der Waals surface area (Å²) in [5.74, 6) is -0.268. The summed E-state index contributed by atoms with van der Waals surface area (Å²) >= 11 is 0. The molecule has 0 heterocycles. The first-order valence-corrected chi connectivity index (χ1v) is 8.35. The largest absolute Gasteiger partial charge is 0.459 e. The third kappa shape index (κ3) is 4.70. The molecule has 3 heteroatoms. The fourth-order valence-corrected chi connectivity index (χ4v) is 2.55. The topological polar surface area (TPSA) is 38.3 Å². The smallest absolute Gasteiger partial charge is 0.328 e. The molecule has 1 atom stereocenters. The molecule has 1 N–H and O–H groups in total. The minimum Gasteiger partial charge on any atom is -0.459 e. The third-order valence-electron chi connectivity index (χ3n) is 3.95. The molecule has 0 aromatic heterocycles. The van der Waals surface area contributed by atoms with E-state index in [1.165, 1.54) is 5.56 Å². The Morgan fingerprint density at radius 2 is 1.40 bits per heavy atom. The summed E-state index contributed by atoms with van der Waals surface area (Å²) in [7, 11) is 0. The highest BCUT2D eigenvalue weighted by Crippen LogP contribution is 2.21. The fraction of sp³-hybridized carbons (Fsp3) is 0.136. The quantitative estimate of drug-likeness (QED) is 0.653. The molecule has 0 unspecified atom stereocenters. The Balaban J connectivity index is 1.55. The van der Waals surface area contributed by atoms with E-state index in [1.54, 1.807) is 6.92 Å². The predicted octanol–water partition coefficient (Wildman–Crippen LogP) is 4.90. The minimum absolute atomic E-state index is 0.268.